The molecule has 2 unspecified atom stereocenters. The maximum atomic E-state index is 10.8. The zero-order valence-corrected chi connectivity index (χ0v) is 10.0. The molecule has 0 radical (unpaired) electrons. The number of nitrogens with zero attached hydrogens (tertiary/aromatic N) is 2. The highest BCUT2D eigenvalue weighted by Gasteiger charge is 2.26. The van der Waals surface area contributed by atoms with Crippen LogP contribution in [0.25, 0.3) is 0 Å². The van der Waals surface area contributed by atoms with Gasteiger partial charge in [0.25, 0.3) is 0 Å². The summed E-state index contributed by atoms with van der Waals surface area (Å²) in [6, 6.07) is 4.08. The fraction of sp³-hybridized carbons (Fsp3) is 0.500. The normalized spacial score (nSPS) is 26.6. The highest BCUT2D eigenvalue weighted by atomic mass is 35.5. The predicted molar refractivity (Wildman–Crippen MR) is 63.4 cm³/mol. The fourth-order valence-corrected chi connectivity index (χ4v) is 2.32. The highest BCUT2D eigenvalue weighted by Crippen LogP contribution is 2.31. The van der Waals surface area contributed by atoms with E-state index in [1.54, 1.807) is 12.3 Å². The van der Waals surface area contributed by atoms with Crippen molar-refractivity contribution in [2.24, 2.45) is 5.92 Å². The Morgan fingerprint density at radius 3 is 3.00 bits per heavy atom. The maximum Gasteiger partial charge on any atom is 0.129 e. The summed E-state index contributed by atoms with van der Waals surface area (Å²) in [5.41, 5.74) is 1.14. The third kappa shape index (κ3) is 2.42. The molecule has 86 valence electrons. The van der Waals surface area contributed by atoms with E-state index in [9.17, 15) is 4.79 Å². The van der Waals surface area contributed by atoms with Crippen LogP contribution < -0.4 is 0 Å². The second kappa shape index (κ2) is 4.93. The third-order valence-electron chi connectivity index (χ3n) is 3.24. The summed E-state index contributed by atoms with van der Waals surface area (Å²) >= 11 is 5.76. The van der Waals surface area contributed by atoms with E-state index >= 15 is 0 Å². The van der Waals surface area contributed by atoms with Crippen molar-refractivity contribution in [2.75, 3.05) is 13.6 Å². The molecule has 0 saturated carbocycles. The molecule has 1 aromatic heterocycles. The monoisotopic (exact) mass is 238 g/mol. The van der Waals surface area contributed by atoms with Gasteiger partial charge in [0.15, 0.2) is 0 Å². The standard InChI is InChI=1S/C12H15ClN2O/c1-15-5-4-9(8-16)6-11(15)10-2-3-12(13)14-7-10/h2-3,7-9,11H,4-6H2,1H3. The molecule has 1 aliphatic heterocycles. The average Bonchev–Trinajstić information content (AvgIpc) is 2.31. The number of pyridine rings is 1. The maximum absolute atomic E-state index is 10.8. The van der Waals surface area contributed by atoms with Gasteiger partial charge in [-0.2, -0.15) is 0 Å². The van der Waals surface area contributed by atoms with Gasteiger partial charge in [-0.15, -0.1) is 0 Å². The Balaban J connectivity index is 2.17. The van der Waals surface area contributed by atoms with Gasteiger partial charge in [0.1, 0.15) is 11.4 Å². The number of likely N-dealkylation sites (tertiary alicyclic amines) is 1. The van der Waals surface area contributed by atoms with Crippen LogP contribution in [0.4, 0.5) is 0 Å². The molecule has 3 nitrogen and oxygen atoms in total. The van der Waals surface area contributed by atoms with Crippen LogP contribution in [0.1, 0.15) is 24.4 Å². The zero-order chi connectivity index (χ0) is 11.5. The lowest BCUT2D eigenvalue weighted by atomic mass is 9.89. The van der Waals surface area contributed by atoms with Gasteiger partial charge in [-0.25, -0.2) is 4.98 Å². The Labute approximate surface area is 100 Å². The molecule has 1 aromatic rings. The fourth-order valence-electron chi connectivity index (χ4n) is 2.21. The van der Waals surface area contributed by atoms with E-state index in [1.165, 1.54) is 0 Å². The van der Waals surface area contributed by atoms with E-state index in [0.717, 1.165) is 31.2 Å². The van der Waals surface area contributed by atoms with Crippen molar-refractivity contribution in [1.29, 1.82) is 0 Å². The first-order valence-corrected chi connectivity index (χ1v) is 5.85. The van der Waals surface area contributed by atoms with Crippen LogP contribution in [-0.2, 0) is 4.79 Å². The Bertz CT molecular complexity index is 366. The summed E-state index contributed by atoms with van der Waals surface area (Å²) in [6.07, 6.45) is 4.71. The van der Waals surface area contributed by atoms with Gasteiger partial charge in [-0.3, -0.25) is 4.90 Å². The van der Waals surface area contributed by atoms with Gasteiger partial charge in [-0.1, -0.05) is 17.7 Å². The molecule has 16 heavy (non-hydrogen) atoms. The second-order valence-electron chi connectivity index (χ2n) is 4.33. The van der Waals surface area contributed by atoms with Crippen molar-refractivity contribution in [1.82, 2.24) is 9.88 Å². The SMILES string of the molecule is CN1CCC(C=O)CC1c1ccc(Cl)nc1. The molecule has 4 heteroatoms. The Kier molecular flexibility index (Phi) is 3.56. The number of aromatic nitrogens is 1. The number of piperidine rings is 1. The molecule has 1 aliphatic rings. The Morgan fingerprint density at radius 2 is 2.38 bits per heavy atom. The molecule has 2 heterocycles. The first-order chi connectivity index (χ1) is 7.70. The lowest BCUT2D eigenvalue weighted by Crippen LogP contribution is -2.34. The van der Waals surface area contributed by atoms with Crippen LogP contribution in [0.3, 0.4) is 0 Å². The zero-order valence-electron chi connectivity index (χ0n) is 9.27. The van der Waals surface area contributed by atoms with Crippen molar-refractivity contribution in [2.45, 2.75) is 18.9 Å². The molecule has 1 saturated heterocycles. The van der Waals surface area contributed by atoms with Crippen LogP contribution in [0, 0.1) is 5.92 Å². The molecule has 0 bridgehead atoms. The molecule has 0 amide bonds. The van der Waals surface area contributed by atoms with Crippen LogP contribution in [-0.4, -0.2) is 29.8 Å². The topological polar surface area (TPSA) is 33.2 Å². The number of carbonyl (C=O) groups excluding carboxylic acids is 1. The van der Waals surface area contributed by atoms with Gasteiger partial charge >= 0.3 is 0 Å². The summed E-state index contributed by atoms with van der Waals surface area (Å²) in [4.78, 5) is 17.2. The van der Waals surface area contributed by atoms with E-state index < -0.39 is 0 Å². The Morgan fingerprint density at radius 1 is 1.56 bits per heavy atom. The highest BCUT2D eigenvalue weighted by molar-refractivity contribution is 6.29. The van der Waals surface area contributed by atoms with E-state index in [4.69, 9.17) is 11.6 Å². The lowest BCUT2D eigenvalue weighted by molar-refractivity contribution is -0.112. The van der Waals surface area contributed by atoms with Crippen molar-refractivity contribution >= 4 is 17.9 Å². The number of halogens is 1. The van der Waals surface area contributed by atoms with E-state index in [-0.39, 0.29) is 12.0 Å². The Hall–Kier alpha value is -0.930. The van der Waals surface area contributed by atoms with E-state index in [1.807, 2.05) is 6.07 Å². The molecule has 2 rings (SSSR count). The molecule has 2 atom stereocenters. The average molecular weight is 239 g/mol. The summed E-state index contributed by atoms with van der Waals surface area (Å²) in [6.45, 7) is 0.955. The van der Waals surface area contributed by atoms with Crippen LogP contribution in [0.5, 0.6) is 0 Å². The first kappa shape index (κ1) is 11.6. The largest absolute Gasteiger partial charge is 0.303 e. The molecule has 1 fully saturated rings. The number of hydrogen-bond acceptors (Lipinski definition) is 3. The van der Waals surface area contributed by atoms with E-state index in [0.29, 0.717) is 5.15 Å². The molecule has 0 aromatic carbocycles. The quantitative estimate of drug-likeness (QED) is 0.586. The first-order valence-electron chi connectivity index (χ1n) is 5.47. The van der Waals surface area contributed by atoms with Crippen LogP contribution in [0.2, 0.25) is 5.15 Å². The summed E-state index contributed by atoms with van der Waals surface area (Å²) in [5.74, 6) is 0.178. The molecule has 0 N–H and O–H groups in total. The van der Waals surface area contributed by atoms with Crippen LogP contribution in [0.15, 0.2) is 18.3 Å². The van der Waals surface area contributed by atoms with Gasteiger partial charge < -0.3 is 4.79 Å². The van der Waals surface area contributed by atoms with Crippen molar-refractivity contribution in [3.63, 3.8) is 0 Å². The molecule has 0 aliphatic carbocycles. The van der Waals surface area contributed by atoms with Crippen molar-refractivity contribution < 1.29 is 4.79 Å². The minimum Gasteiger partial charge on any atom is -0.303 e. The minimum absolute atomic E-state index is 0.178. The smallest absolute Gasteiger partial charge is 0.129 e. The molecule has 0 spiro atoms. The minimum atomic E-state index is 0.178. The summed E-state index contributed by atoms with van der Waals surface area (Å²) in [7, 11) is 2.08. The lowest BCUT2D eigenvalue weighted by Gasteiger charge is -2.35. The van der Waals surface area contributed by atoms with Gasteiger partial charge in [0, 0.05) is 18.2 Å². The van der Waals surface area contributed by atoms with Gasteiger partial charge in [0.2, 0.25) is 0 Å². The second-order valence-corrected chi connectivity index (χ2v) is 4.72. The molecular weight excluding hydrogens is 224 g/mol. The van der Waals surface area contributed by atoms with Crippen molar-refractivity contribution in [3.8, 4) is 0 Å². The summed E-state index contributed by atoms with van der Waals surface area (Å²) < 4.78 is 0. The van der Waals surface area contributed by atoms with E-state index in [2.05, 4.69) is 16.9 Å². The van der Waals surface area contributed by atoms with Crippen LogP contribution >= 0.6 is 11.6 Å². The number of aldehydes is 1. The number of carbonyl (C=O) groups is 1. The molecular formula is C12H15ClN2O. The van der Waals surface area contributed by atoms with Gasteiger partial charge in [0.05, 0.1) is 0 Å². The van der Waals surface area contributed by atoms with Crippen molar-refractivity contribution in [3.05, 3.63) is 29.0 Å². The predicted octanol–water partition coefficient (Wildman–Crippen LogP) is 2.32. The third-order valence-corrected chi connectivity index (χ3v) is 3.46. The number of hydrogen-bond donors (Lipinski definition) is 0. The summed E-state index contributed by atoms with van der Waals surface area (Å²) in [5, 5.41) is 0.508. The number of rotatable bonds is 2. The van der Waals surface area contributed by atoms with Gasteiger partial charge in [-0.05, 0) is 38.1 Å².